The third kappa shape index (κ3) is 2.99. The Morgan fingerprint density at radius 2 is 2.15 bits per heavy atom. The molecule has 1 aromatic carbocycles. The maximum Gasteiger partial charge on any atom is 0.258 e. The van der Waals surface area contributed by atoms with E-state index < -0.39 is 0 Å². The molecule has 20 heavy (non-hydrogen) atoms. The molecule has 0 fully saturated rings. The van der Waals surface area contributed by atoms with Gasteiger partial charge in [-0.15, -0.1) is 0 Å². The smallest absolute Gasteiger partial charge is 0.258 e. The molecular formula is C14H16ClN3O2. The monoisotopic (exact) mass is 293 g/mol. The average molecular weight is 294 g/mol. The molecule has 106 valence electrons. The topological polar surface area (TPSA) is 66.1 Å². The molecule has 2 aromatic rings. The Morgan fingerprint density at radius 1 is 1.40 bits per heavy atom. The number of aromatic nitrogens is 2. The van der Waals surface area contributed by atoms with Crippen molar-refractivity contribution in [2.75, 3.05) is 6.54 Å². The van der Waals surface area contributed by atoms with Gasteiger partial charge in [-0.1, -0.05) is 18.5 Å². The molecule has 6 heteroatoms. The van der Waals surface area contributed by atoms with Gasteiger partial charge in [-0.05, 0) is 25.1 Å². The first-order valence-corrected chi connectivity index (χ1v) is 6.89. The van der Waals surface area contributed by atoms with E-state index in [1.165, 1.54) is 0 Å². The quantitative estimate of drug-likeness (QED) is 0.941. The van der Waals surface area contributed by atoms with Gasteiger partial charge in [-0.2, -0.15) is 0 Å². The zero-order chi connectivity index (χ0) is 14.7. The molecule has 1 N–H and O–H groups in total. The van der Waals surface area contributed by atoms with Gasteiger partial charge in [-0.25, -0.2) is 4.98 Å². The number of fused-ring (bicyclic) bond motifs is 1. The summed E-state index contributed by atoms with van der Waals surface area (Å²) in [4.78, 5) is 32.4. The molecule has 0 saturated heterocycles. The van der Waals surface area contributed by atoms with Crippen LogP contribution in [0.5, 0.6) is 0 Å². The zero-order valence-corrected chi connectivity index (χ0v) is 12.2. The molecule has 0 aliphatic rings. The number of benzene rings is 1. The van der Waals surface area contributed by atoms with Gasteiger partial charge in [-0.3, -0.25) is 9.59 Å². The lowest BCUT2D eigenvalue weighted by Gasteiger charge is -2.19. The molecule has 0 unspecified atom stereocenters. The summed E-state index contributed by atoms with van der Waals surface area (Å²) >= 11 is 5.91. The highest BCUT2D eigenvalue weighted by Gasteiger charge is 2.12. The number of halogens is 1. The van der Waals surface area contributed by atoms with Crippen LogP contribution in [0.3, 0.4) is 0 Å². The fourth-order valence-corrected chi connectivity index (χ4v) is 2.18. The van der Waals surface area contributed by atoms with Crippen molar-refractivity contribution in [3.8, 4) is 0 Å². The second-order valence-corrected chi connectivity index (χ2v) is 4.87. The van der Waals surface area contributed by atoms with Crippen LogP contribution < -0.4 is 5.56 Å². The maximum atomic E-state index is 12.0. The SMILES string of the molecule is CCC(=O)N(CC)Cc1nc2cc(Cl)ccc2c(=O)[nH]1. The van der Waals surface area contributed by atoms with Gasteiger partial charge in [0.1, 0.15) is 5.82 Å². The fraction of sp³-hybridized carbons (Fsp3) is 0.357. The molecular weight excluding hydrogens is 278 g/mol. The summed E-state index contributed by atoms with van der Waals surface area (Å²) in [5.41, 5.74) is 0.318. The minimum Gasteiger partial charge on any atom is -0.336 e. The van der Waals surface area contributed by atoms with E-state index in [0.29, 0.717) is 41.3 Å². The van der Waals surface area contributed by atoms with Crippen LogP contribution in [0.4, 0.5) is 0 Å². The number of rotatable bonds is 4. The molecule has 0 saturated carbocycles. The largest absolute Gasteiger partial charge is 0.336 e. The van der Waals surface area contributed by atoms with Crippen molar-refractivity contribution in [2.45, 2.75) is 26.8 Å². The van der Waals surface area contributed by atoms with Gasteiger partial charge >= 0.3 is 0 Å². The molecule has 0 radical (unpaired) electrons. The summed E-state index contributed by atoms with van der Waals surface area (Å²) in [6, 6.07) is 4.94. The molecule has 0 atom stereocenters. The number of nitrogens with zero attached hydrogens (tertiary/aromatic N) is 2. The van der Waals surface area contributed by atoms with Crippen molar-refractivity contribution in [1.29, 1.82) is 0 Å². The zero-order valence-electron chi connectivity index (χ0n) is 11.4. The van der Waals surface area contributed by atoms with Crippen LogP contribution in [0.25, 0.3) is 10.9 Å². The summed E-state index contributed by atoms with van der Waals surface area (Å²) in [5.74, 6) is 0.495. The minimum absolute atomic E-state index is 0.0290. The second-order valence-electron chi connectivity index (χ2n) is 4.44. The average Bonchev–Trinajstić information content (AvgIpc) is 2.43. The summed E-state index contributed by atoms with van der Waals surface area (Å²) < 4.78 is 0. The first-order valence-electron chi connectivity index (χ1n) is 6.51. The Morgan fingerprint density at radius 3 is 2.80 bits per heavy atom. The van der Waals surface area contributed by atoms with Crippen LogP contribution in [0.15, 0.2) is 23.0 Å². The van der Waals surface area contributed by atoms with E-state index >= 15 is 0 Å². The predicted octanol–water partition coefficient (Wildman–Crippen LogP) is 2.33. The predicted molar refractivity (Wildman–Crippen MR) is 78.8 cm³/mol. The van der Waals surface area contributed by atoms with Gasteiger partial charge in [0, 0.05) is 18.0 Å². The summed E-state index contributed by atoms with van der Waals surface area (Å²) in [6.07, 6.45) is 0.428. The lowest BCUT2D eigenvalue weighted by Crippen LogP contribution is -2.31. The number of aromatic amines is 1. The highest BCUT2D eigenvalue weighted by Crippen LogP contribution is 2.15. The molecule has 0 spiro atoms. The maximum absolute atomic E-state index is 12.0. The van der Waals surface area contributed by atoms with Crippen LogP contribution in [-0.2, 0) is 11.3 Å². The van der Waals surface area contributed by atoms with Gasteiger partial charge in [0.05, 0.1) is 17.4 Å². The Hall–Kier alpha value is -1.88. The number of amides is 1. The third-order valence-corrected chi connectivity index (χ3v) is 3.33. The van der Waals surface area contributed by atoms with E-state index in [-0.39, 0.29) is 11.5 Å². The van der Waals surface area contributed by atoms with Gasteiger partial charge in [0.25, 0.3) is 5.56 Å². The van der Waals surface area contributed by atoms with E-state index in [2.05, 4.69) is 9.97 Å². The summed E-state index contributed by atoms with van der Waals surface area (Å²) in [6.45, 7) is 4.57. The van der Waals surface area contributed by atoms with Crippen LogP contribution in [0.2, 0.25) is 5.02 Å². The highest BCUT2D eigenvalue weighted by atomic mass is 35.5. The Balaban J connectivity index is 2.40. The van der Waals surface area contributed by atoms with Gasteiger partial charge in [0.2, 0.25) is 5.91 Å². The molecule has 1 aromatic heterocycles. The molecule has 1 amide bonds. The minimum atomic E-state index is -0.221. The molecule has 0 bridgehead atoms. The number of hydrogen-bond donors (Lipinski definition) is 1. The third-order valence-electron chi connectivity index (χ3n) is 3.10. The van der Waals surface area contributed by atoms with E-state index in [1.807, 2.05) is 6.92 Å². The first-order chi connectivity index (χ1) is 9.55. The fourth-order valence-electron chi connectivity index (χ4n) is 2.02. The molecule has 5 nitrogen and oxygen atoms in total. The van der Waals surface area contributed by atoms with E-state index in [0.717, 1.165) is 0 Å². The number of nitrogens with one attached hydrogen (secondary N) is 1. The van der Waals surface area contributed by atoms with Crippen LogP contribution in [-0.4, -0.2) is 27.3 Å². The van der Waals surface area contributed by atoms with Crippen LogP contribution in [0.1, 0.15) is 26.1 Å². The van der Waals surface area contributed by atoms with Gasteiger partial charge < -0.3 is 9.88 Å². The number of carbonyl (C=O) groups excluding carboxylic acids is 1. The second kappa shape index (κ2) is 6.05. The van der Waals surface area contributed by atoms with Crippen molar-refractivity contribution < 1.29 is 4.79 Å². The lowest BCUT2D eigenvalue weighted by atomic mass is 10.2. The standard InChI is InChI=1S/C14H16ClN3O2/c1-3-13(19)18(4-2)8-12-16-11-7-9(15)5-6-10(11)14(20)17-12/h5-7H,3-4,8H2,1-2H3,(H,16,17,20). The van der Waals surface area contributed by atoms with Gasteiger partial charge in [0.15, 0.2) is 0 Å². The van der Waals surface area contributed by atoms with E-state index in [4.69, 9.17) is 11.6 Å². The molecule has 1 heterocycles. The Kier molecular flexibility index (Phi) is 4.39. The van der Waals surface area contributed by atoms with Crippen molar-refractivity contribution in [3.05, 3.63) is 39.4 Å². The highest BCUT2D eigenvalue weighted by molar-refractivity contribution is 6.31. The van der Waals surface area contributed by atoms with Crippen molar-refractivity contribution in [1.82, 2.24) is 14.9 Å². The van der Waals surface area contributed by atoms with Crippen molar-refractivity contribution >= 4 is 28.4 Å². The summed E-state index contributed by atoms with van der Waals surface area (Å²) in [7, 11) is 0. The molecule has 2 rings (SSSR count). The Bertz CT molecular complexity index is 696. The lowest BCUT2D eigenvalue weighted by molar-refractivity contribution is -0.131. The van der Waals surface area contributed by atoms with Crippen molar-refractivity contribution in [3.63, 3.8) is 0 Å². The normalized spacial score (nSPS) is 10.8. The number of hydrogen-bond acceptors (Lipinski definition) is 3. The number of H-pyrrole nitrogens is 1. The van der Waals surface area contributed by atoms with Crippen LogP contribution >= 0.6 is 11.6 Å². The van der Waals surface area contributed by atoms with E-state index in [1.54, 1.807) is 30.0 Å². The van der Waals surface area contributed by atoms with E-state index in [9.17, 15) is 9.59 Å². The van der Waals surface area contributed by atoms with Crippen molar-refractivity contribution in [2.24, 2.45) is 0 Å². The number of carbonyl (C=O) groups is 1. The molecule has 0 aliphatic carbocycles. The van der Waals surface area contributed by atoms with Crippen LogP contribution in [0, 0.1) is 0 Å². The first kappa shape index (κ1) is 14.5. The Labute approximate surface area is 121 Å². The summed E-state index contributed by atoms with van der Waals surface area (Å²) in [5, 5.41) is 1.02. The molecule has 0 aliphatic heterocycles.